The second-order valence-corrected chi connectivity index (χ2v) is 7.12. The van der Waals surface area contributed by atoms with Gasteiger partial charge in [-0.15, -0.1) is 0 Å². The van der Waals surface area contributed by atoms with Crippen molar-refractivity contribution >= 4 is 10.0 Å². The van der Waals surface area contributed by atoms with Gasteiger partial charge in [0, 0.05) is 13.1 Å². The molecule has 0 saturated heterocycles. The summed E-state index contributed by atoms with van der Waals surface area (Å²) in [6, 6.07) is 1.96. The predicted molar refractivity (Wildman–Crippen MR) is 78.1 cm³/mol. The maximum absolute atomic E-state index is 13.7. The lowest BCUT2D eigenvalue weighted by Crippen LogP contribution is -2.26. The third-order valence-electron chi connectivity index (χ3n) is 3.08. The summed E-state index contributed by atoms with van der Waals surface area (Å²) in [4.78, 5) is -0.688. The number of nitrogens with one attached hydrogen (secondary N) is 1. The minimum atomic E-state index is -4.07. The van der Waals surface area contributed by atoms with Gasteiger partial charge in [-0.2, -0.15) is 0 Å². The Labute approximate surface area is 124 Å². The highest BCUT2D eigenvalue weighted by molar-refractivity contribution is 7.89. The Hall–Kier alpha value is -1.05. The lowest BCUT2D eigenvalue weighted by molar-refractivity contribution is 0.480. The summed E-state index contributed by atoms with van der Waals surface area (Å²) in [5.41, 5.74) is 5.58. The highest BCUT2D eigenvalue weighted by Gasteiger charge is 2.22. The Morgan fingerprint density at radius 3 is 2.48 bits per heavy atom. The molecule has 0 heterocycles. The third kappa shape index (κ3) is 5.33. The molecule has 0 amide bonds. The van der Waals surface area contributed by atoms with Crippen LogP contribution < -0.4 is 10.5 Å². The van der Waals surface area contributed by atoms with Crippen molar-refractivity contribution in [2.45, 2.75) is 44.6 Å². The first-order valence-electron chi connectivity index (χ1n) is 6.95. The van der Waals surface area contributed by atoms with Gasteiger partial charge in [0.05, 0.1) is 0 Å². The zero-order chi connectivity index (χ0) is 16.0. The van der Waals surface area contributed by atoms with E-state index in [9.17, 15) is 17.2 Å². The Kier molecular flexibility index (Phi) is 6.70. The van der Waals surface area contributed by atoms with Crippen molar-refractivity contribution in [3.05, 3.63) is 29.3 Å². The highest BCUT2D eigenvalue weighted by Crippen LogP contribution is 2.19. The smallest absolute Gasteiger partial charge is 0.243 e. The molecule has 7 heteroatoms. The number of nitrogens with two attached hydrogens (primary N) is 1. The van der Waals surface area contributed by atoms with E-state index in [4.69, 9.17) is 5.73 Å². The molecule has 0 spiro atoms. The topological polar surface area (TPSA) is 72.2 Å². The minimum Gasteiger partial charge on any atom is -0.326 e. The van der Waals surface area contributed by atoms with Gasteiger partial charge in [0.1, 0.15) is 4.90 Å². The molecule has 3 N–H and O–H groups in total. The van der Waals surface area contributed by atoms with Gasteiger partial charge in [-0.05, 0) is 30.0 Å². The molecular formula is C14H22F2N2O2S. The van der Waals surface area contributed by atoms with Crippen LogP contribution in [0.15, 0.2) is 17.0 Å². The van der Waals surface area contributed by atoms with E-state index >= 15 is 0 Å². The van der Waals surface area contributed by atoms with Crippen molar-refractivity contribution in [3.8, 4) is 0 Å². The van der Waals surface area contributed by atoms with Crippen LogP contribution >= 0.6 is 0 Å². The molecule has 0 aliphatic heterocycles. The van der Waals surface area contributed by atoms with Crippen LogP contribution in [0.1, 0.15) is 38.7 Å². The Bertz CT molecular complexity index is 575. The number of rotatable bonds is 8. The van der Waals surface area contributed by atoms with E-state index in [-0.39, 0.29) is 18.7 Å². The second kappa shape index (κ2) is 7.82. The fourth-order valence-corrected chi connectivity index (χ4v) is 3.10. The van der Waals surface area contributed by atoms with Gasteiger partial charge < -0.3 is 5.73 Å². The molecule has 0 unspecified atom stereocenters. The average Bonchev–Trinajstić information content (AvgIpc) is 2.40. The average molecular weight is 320 g/mol. The zero-order valence-corrected chi connectivity index (χ0v) is 13.1. The number of hydrogen-bond acceptors (Lipinski definition) is 3. The summed E-state index contributed by atoms with van der Waals surface area (Å²) >= 11 is 0. The summed E-state index contributed by atoms with van der Waals surface area (Å²) in [7, 11) is -4.07. The van der Waals surface area contributed by atoms with Crippen LogP contribution in [-0.2, 0) is 16.6 Å². The van der Waals surface area contributed by atoms with Crippen molar-refractivity contribution in [3.63, 3.8) is 0 Å². The van der Waals surface area contributed by atoms with Crippen LogP contribution in [0.4, 0.5) is 8.78 Å². The molecule has 0 aliphatic carbocycles. The van der Waals surface area contributed by atoms with E-state index in [2.05, 4.69) is 18.6 Å². The largest absolute Gasteiger partial charge is 0.326 e. The minimum absolute atomic E-state index is 0.0614. The van der Waals surface area contributed by atoms with Crippen LogP contribution in [0.5, 0.6) is 0 Å². The Morgan fingerprint density at radius 2 is 1.90 bits per heavy atom. The molecule has 1 aromatic carbocycles. The maximum atomic E-state index is 13.7. The zero-order valence-electron chi connectivity index (χ0n) is 12.3. The molecule has 0 aromatic heterocycles. The number of benzene rings is 1. The maximum Gasteiger partial charge on any atom is 0.243 e. The van der Waals surface area contributed by atoms with E-state index in [0.717, 1.165) is 25.0 Å². The molecular weight excluding hydrogens is 298 g/mol. The summed E-state index contributed by atoms with van der Waals surface area (Å²) in [5.74, 6) is -2.03. The molecule has 0 atom stereocenters. The van der Waals surface area contributed by atoms with Crippen molar-refractivity contribution in [2.24, 2.45) is 11.7 Å². The van der Waals surface area contributed by atoms with E-state index in [1.165, 1.54) is 0 Å². The van der Waals surface area contributed by atoms with E-state index < -0.39 is 26.6 Å². The van der Waals surface area contributed by atoms with Crippen molar-refractivity contribution in [1.82, 2.24) is 4.72 Å². The molecule has 4 nitrogen and oxygen atoms in total. The lowest BCUT2D eigenvalue weighted by atomic mass is 10.1. The van der Waals surface area contributed by atoms with Crippen LogP contribution in [-0.4, -0.2) is 15.0 Å². The first-order chi connectivity index (χ1) is 9.77. The quantitative estimate of drug-likeness (QED) is 0.723. The summed E-state index contributed by atoms with van der Waals surface area (Å²) in [6.07, 6.45) is 2.52. The monoisotopic (exact) mass is 320 g/mol. The normalized spacial score (nSPS) is 12.1. The van der Waals surface area contributed by atoms with Crippen molar-refractivity contribution in [1.29, 1.82) is 0 Å². The Balaban J connectivity index is 2.76. The first-order valence-corrected chi connectivity index (χ1v) is 8.44. The van der Waals surface area contributed by atoms with Crippen LogP contribution in [0, 0.1) is 17.6 Å². The molecule has 1 rings (SSSR count). The summed E-state index contributed by atoms with van der Waals surface area (Å²) < 4.78 is 53.3. The van der Waals surface area contributed by atoms with E-state index in [0.29, 0.717) is 12.3 Å². The fourth-order valence-electron chi connectivity index (χ4n) is 1.89. The molecule has 0 fully saturated rings. The van der Waals surface area contributed by atoms with Crippen LogP contribution in [0.25, 0.3) is 0 Å². The Morgan fingerprint density at radius 1 is 1.24 bits per heavy atom. The summed E-state index contributed by atoms with van der Waals surface area (Å²) in [6.45, 7) is 4.30. The lowest BCUT2D eigenvalue weighted by Gasteiger charge is -2.10. The highest BCUT2D eigenvalue weighted by atomic mass is 32.2. The van der Waals surface area contributed by atoms with Crippen LogP contribution in [0.3, 0.4) is 0 Å². The number of sulfonamides is 1. The van der Waals surface area contributed by atoms with Gasteiger partial charge in [-0.3, -0.25) is 0 Å². The van der Waals surface area contributed by atoms with Gasteiger partial charge in [-0.25, -0.2) is 21.9 Å². The van der Waals surface area contributed by atoms with Gasteiger partial charge in [0.15, 0.2) is 11.6 Å². The van der Waals surface area contributed by atoms with Crippen molar-refractivity contribution < 1.29 is 17.2 Å². The molecule has 1 aromatic rings. The third-order valence-corrected chi connectivity index (χ3v) is 4.54. The molecule has 21 heavy (non-hydrogen) atoms. The second-order valence-electron chi connectivity index (χ2n) is 5.38. The molecule has 120 valence electrons. The standard InChI is InChI=1S/C14H22F2N2O2S/c1-10(2)5-3-4-6-18-21(19,20)13-8-11(9-17)7-12(15)14(13)16/h7-8,10,18H,3-6,9,17H2,1-2H3. The first kappa shape index (κ1) is 18.0. The SMILES string of the molecule is CC(C)CCCCNS(=O)(=O)c1cc(CN)cc(F)c1F. The molecule has 0 aliphatic rings. The van der Waals surface area contributed by atoms with Gasteiger partial charge >= 0.3 is 0 Å². The van der Waals surface area contributed by atoms with Gasteiger partial charge in [-0.1, -0.05) is 26.7 Å². The summed E-state index contributed by atoms with van der Waals surface area (Å²) in [5, 5.41) is 0. The van der Waals surface area contributed by atoms with Gasteiger partial charge in [0.25, 0.3) is 0 Å². The van der Waals surface area contributed by atoms with Crippen LogP contribution in [0.2, 0.25) is 0 Å². The molecule has 0 radical (unpaired) electrons. The number of hydrogen-bond donors (Lipinski definition) is 2. The molecule has 0 saturated carbocycles. The predicted octanol–water partition coefficient (Wildman–Crippen LogP) is 2.53. The number of halogens is 2. The van der Waals surface area contributed by atoms with Gasteiger partial charge in [0.2, 0.25) is 10.0 Å². The number of unbranched alkanes of at least 4 members (excludes halogenated alkanes) is 1. The van der Waals surface area contributed by atoms with E-state index in [1.807, 2.05) is 0 Å². The van der Waals surface area contributed by atoms with E-state index in [1.54, 1.807) is 0 Å². The molecule has 0 bridgehead atoms. The fraction of sp³-hybridized carbons (Fsp3) is 0.571. The van der Waals surface area contributed by atoms with Crippen molar-refractivity contribution in [2.75, 3.05) is 6.54 Å².